The van der Waals surface area contributed by atoms with Crippen LogP contribution in [0.2, 0.25) is 0 Å². The summed E-state index contributed by atoms with van der Waals surface area (Å²) in [5.41, 5.74) is 10.2. The van der Waals surface area contributed by atoms with Gasteiger partial charge in [-0.2, -0.15) is 0 Å². The van der Waals surface area contributed by atoms with E-state index in [1.165, 1.54) is 87.2 Å². The summed E-state index contributed by atoms with van der Waals surface area (Å²) in [5, 5.41) is 10.6. The lowest BCUT2D eigenvalue weighted by Gasteiger charge is -1.95. The second-order valence-electron chi connectivity index (χ2n) is 14.0. The highest BCUT2D eigenvalue weighted by Crippen LogP contribution is 2.29. The standard InChI is InChI=1S/3C13H11N.C12H9N.CH3Br/c3*1-14-12-8-4-2-6-10(12)11-7-3-5-9-13(11)14;1-3-7-11-9(5-1)10-6-2-4-8-12(10)13-11;1-2/h3*2-9H,1H3;1-8,13H;1H3. The van der Waals surface area contributed by atoms with Gasteiger partial charge in [-0.15, -0.1) is 0 Å². The van der Waals surface area contributed by atoms with E-state index in [0.29, 0.717) is 0 Å². The number of aromatic amines is 1. The minimum Gasteiger partial charge on any atom is -0.355 e. The number of aryl methyl sites for hydroxylation is 3. The van der Waals surface area contributed by atoms with Crippen molar-refractivity contribution in [1.82, 2.24) is 18.7 Å². The average Bonchev–Trinajstić information content (AvgIpc) is 4.00. The highest BCUT2D eigenvalue weighted by Gasteiger charge is 2.07. The fourth-order valence-electron chi connectivity index (χ4n) is 8.15. The molecule has 0 fully saturated rings. The molecule has 12 aromatic rings. The molecular formula is C52H45BrN4. The number of nitrogens with zero attached hydrogens (tertiary/aromatic N) is 3. The van der Waals surface area contributed by atoms with E-state index in [9.17, 15) is 0 Å². The van der Waals surface area contributed by atoms with Crippen molar-refractivity contribution in [2.45, 2.75) is 0 Å². The molecule has 0 radical (unpaired) electrons. The largest absolute Gasteiger partial charge is 0.355 e. The number of benzene rings is 8. The number of H-pyrrole nitrogens is 1. The molecule has 0 bridgehead atoms. The highest BCUT2D eigenvalue weighted by molar-refractivity contribution is 9.08. The van der Waals surface area contributed by atoms with Crippen molar-refractivity contribution in [2.24, 2.45) is 21.1 Å². The Kier molecular flexibility index (Phi) is 10.9. The number of para-hydroxylation sites is 8. The lowest BCUT2D eigenvalue weighted by atomic mass is 10.2. The van der Waals surface area contributed by atoms with E-state index in [1.54, 1.807) is 0 Å². The third-order valence-electron chi connectivity index (χ3n) is 10.9. The van der Waals surface area contributed by atoms with Gasteiger partial charge in [0, 0.05) is 108 Å². The Labute approximate surface area is 341 Å². The first-order valence-corrected chi connectivity index (χ1v) is 20.8. The minimum atomic E-state index is 1.21. The van der Waals surface area contributed by atoms with E-state index in [-0.39, 0.29) is 0 Å². The molecule has 8 aromatic carbocycles. The van der Waals surface area contributed by atoms with Crippen LogP contribution in [-0.4, -0.2) is 24.5 Å². The highest BCUT2D eigenvalue weighted by atomic mass is 79.9. The predicted molar refractivity (Wildman–Crippen MR) is 252 cm³/mol. The molecule has 0 amide bonds. The van der Waals surface area contributed by atoms with Gasteiger partial charge in [0.15, 0.2) is 0 Å². The minimum absolute atomic E-state index is 1.21. The number of nitrogens with one attached hydrogen (secondary N) is 1. The molecule has 0 saturated heterocycles. The molecule has 0 aliphatic carbocycles. The maximum absolute atomic E-state index is 3.38. The van der Waals surface area contributed by atoms with Crippen molar-refractivity contribution in [2.75, 3.05) is 5.83 Å². The molecule has 4 aromatic heterocycles. The summed E-state index contributed by atoms with van der Waals surface area (Å²) < 4.78 is 6.72. The van der Waals surface area contributed by atoms with Crippen LogP contribution in [0.15, 0.2) is 194 Å². The van der Waals surface area contributed by atoms with E-state index < -0.39 is 0 Å². The molecule has 0 saturated carbocycles. The third kappa shape index (κ3) is 7.07. The van der Waals surface area contributed by atoms with Gasteiger partial charge in [-0.05, 0) is 54.4 Å². The molecule has 4 heterocycles. The zero-order chi connectivity index (χ0) is 39.3. The van der Waals surface area contributed by atoms with Gasteiger partial charge in [-0.1, -0.05) is 162 Å². The number of hydrogen-bond donors (Lipinski definition) is 1. The van der Waals surface area contributed by atoms with Crippen LogP contribution in [0.3, 0.4) is 0 Å². The van der Waals surface area contributed by atoms with Crippen molar-refractivity contribution in [1.29, 1.82) is 0 Å². The maximum atomic E-state index is 3.38. The Morgan fingerprint density at radius 3 is 0.667 bits per heavy atom. The van der Waals surface area contributed by atoms with Crippen molar-refractivity contribution >= 4 is 103 Å². The van der Waals surface area contributed by atoms with Crippen LogP contribution in [0.5, 0.6) is 0 Å². The predicted octanol–water partition coefficient (Wildman–Crippen LogP) is 14.3. The first-order chi connectivity index (χ1) is 28.1. The van der Waals surface area contributed by atoms with E-state index in [0.717, 1.165) is 0 Å². The van der Waals surface area contributed by atoms with Gasteiger partial charge in [-0.3, -0.25) is 0 Å². The number of rotatable bonds is 0. The quantitative estimate of drug-likeness (QED) is 0.148. The van der Waals surface area contributed by atoms with Crippen LogP contribution in [0.25, 0.3) is 87.2 Å². The Balaban J connectivity index is 0.000000105. The van der Waals surface area contributed by atoms with Crippen molar-refractivity contribution in [3.63, 3.8) is 0 Å². The average molecular weight is 806 g/mol. The van der Waals surface area contributed by atoms with Gasteiger partial charge in [0.1, 0.15) is 0 Å². The summed E-state index contributed by atoms with van der Waals surface area (Å²) in [4.78, 5) is 3.38. The summed E-state index contributed by atoms with van der Waals surface area (Å²) in [7, 11) is 6.35. The number of aromatic nitrogens is 4. The summed E-state index contributed by atoms with van der Waals surface area (Å²) >= 11 is 2.94. The molecule has 4 nitrogen and oxygen atoms in total. The monoisotopic (exact) mass is 804 g/mol. The Hall–Kier alpha value is -6.56. The number of halogens is 1. The topological polar surface area (TPSA) is 30.6 Å². The van der Waals surface area contributed by atoms with Gasteiger partial charge in [0.25, 0.3) is 0 Å². The maximum Gasteiger partial charge on any atom is 0.0488 e. The molecule has 0 aliphatic heterocycles. The van der Waals surface area contributed by atoms with E-state index >= 15 is 0 Å². The smallest absolute Gasteiger partial charge is 0.0488 e. The van der Waals surface area contributed by atoms with Crippen LogP contribution in [0, 0.1) is 0 Å². The fourth-order valence-corrected chi connectivity index (χ4v) is 8.15. The molecule has 0 atom stereocenters. The van der Waals surface area contributed by atoms with Crippen LogP contribution < -0.4 is 0 Å². The molecule has 280 valence electrons. The van der Waals surface area contributed by atoms with Crippen molar-refractivity contribution in [3.8, 4) is 0 Å². The van der Waals surface area contributed by atoms with Gasteiger partial charge in [0.05, 0.1) is 0 Å². The number of fused-ring (bicyclic) bond motifs is 12. The normalized spacial score (nSPS) is 10.9. The molecule has 1 N–H and O–H groups in total. The summed E-state index contributed by atoms with van der Waals surface area (Å²) in [6.45, 7) is 0. The molecule has 0 unspecified atom stereocenters. The Morgan fingerprint density at radius 2 is 0.439 bits per heavy atom. The van der Waals surface area contributed by atoms with Crippen LogP contribution in [0.4, 0.5) is 0 Å². The van der Waals surface area contributed by atoms with Crippen molar-refractivity contribution in [3.05, 3.63) is 194 Å². The summed E-state index contributed by atoms with van der Waals surface area (Å²) in [5.74, 6) is 1.81. The van der Waals surface area contributed by atoms with E-state index in [4.69, 9.17) is 0 Å². The van der Waals surface area contributed by atoms with Crippen LogP contribution in [-0.2, 0) is 21.1 Å². The first kappa shape index (κ1) is 37.4. The first-order valence-electron chi connectivity index (χ1n) is 19.2. The molecule has 57 heavy (non-hydrogen) atoms. The second kappa shape index (κ2) is 16.7. The van der Waals surface area contributed by atoms with E-state index in [2.05, 4.69) is 250 Å². The fraction of sp³-hybridized carbons (Fsp3) is 0.0769. The van der Waals surface area contributed by atoms with Crippen molar-refractivity contribution < 1.29 is 0 Å². The van der Waals surface area contributed by atoms with Crippen LogP contribution in [0.1, 0.15) is 0 Å². The third-order valence-corrected chi connectivity index (χ3v) is 10.9. The van der Waals surface area contributed by atoms with Crippen LogP contribution >= 0.6 is 15.9 Å². The number of hydrogen-bond acceptors (Lipinski definition) is 0. The lowest BCUT2D eigenvalue weighted by molar-refractivity contribution is 1.01. The molecule has 0 spiro atoms. The number of alkyl halides is 1. The summed E-state index contributed by atoms with van der Waals surface area (Å²) in [6, 6.07) is 67.9. The second-order valence-corrected chi connectivity index (χ2v) is 14.0. The van der Waals surface area contributed by atoms with Gasteiger partial charge >= 0.3 is 0 Å². The van der Waals surface area contributed by atoms with E-state index in [1.807, 2.05) is 5.83 Å². The molecule has 12 rings (SSSR count). The molecule has 5 heteroatoms. The van der Waals surface area contributed by atoms with Gasteiger partial charge in [-0.25, -0.2) is 0 Å². The summed E-state index contributed by atoms with van der Waals surface area (Å²) in [6.07, 6.45) is 0. The lowest BCUT2D eigenvalue weighted by Crippen LogP contribution is -1.84. The Morgan fingerprint density at radius 1 is 0.263 bits per heavy atom. The SMILES string of the molecule is CBr.Cn1c2ccccc2c2ccccc21.Cn1c2ccccc2c2ccccc21.Cn1c2ccccc2c2ccccc21.c1ccc2c(c1)[nH]c1ccccc12. The van der Waals surface area contributed by atoms with Gasteiger partial charge in [0.2, 0.25) is 0 Å². The Bertz CT molecular complexity index is 2790. The molecule has 0 aliphatic rings. The zero-order valence-electron chi connectivity index (χ0n) is 32.7. The van der Waals surface area contributed by atoms with Gasteiger partial charge < -0.3 is 18.7 Å². The molecular weight excluding hydrogens is 761 g/mol. The zero-order valence-corrected chi connectivity index (χ0v) is 34.3.